The van der Waals surface area contributed by atoms with Crippen LogP contribution in [0.15, 0.2) is 16.1 Å². The maximum absolute atomic E-state index is 12.1. The molecule has 0 fully saturated rings. The van der Waals surface area contributed by atoms with Crippen molar-refractivity contribution in [3.8, 4) is 0 Å². The summed E-state index contributed by atoms with van der Waals surface area (Å²) < 4.78 is 1.62. The molecule has 1 aromatic rings. The minimum Gasteiger partial charge on any atom is -0.353 e. The third kappa shape index (κ3) is 3.00. The van der Waals surface area contributed by atoms with Crippen LogP contribution in [-0.4, -0.2) is 27.3 Å². The molecule has 2 rings (SSSR count). The lowest BCUT2D eigenvalue weighted by Crippen LogP contribution is -2.43. The van der Waals surface area contributed by atoms with Crippen molar-refractivity contribution >= 4 is 17.7 Å². The molecular weight excluding hydrogens is 262 g/mol. The summed E-state index contributed by atoms with van der Waals surface area (Å²) in [6.45, 7) is 6.20. The molecule has 0 spiro atoms. The van der Waals surface area contributed by atoms with Crippen molar-refractivity contribution in [1.82, 2.24) is 14.9 Å². The Bertz CT molecular complexity index is 541. The molecule has 0 saturated heterocycles. The molecule has 6 heteroatoms. The topological polar surface area (TPSA) is 64.0 Å². The first-order valence-electron chi connectivity index (χ1n) is 6.52. The van der Waals surface area contributed by atoms with Crippen molar-refractivity contribution in [2.75, 3.05) is 5.75 Å². The second-order valence-corrected chi connectivity index (χ2v) is 5.95. The summed E-state index contributed by atoms with van der Waals surface area (Å²) in [5.41, 5.74) is 0.575. The summed E-state index contributed by atoms with van der Waals surface area (Å²) in [6.07, 6.45) is 2.50. The van der Waals surface area contributed by atoms with Gasteiger partial charge >= 0.3 is 0 Å². The van der Waals surface area contributed by atoms with Gasteiger partial charge in [-0.15, -0.1) is 0 Å². The van der Waals surface area contributed by atoms with Gasteiger partial charge in [0.15, 0.2) is 5.16 Å². The maximum atomic E-state index is 12.1. The first-order valence-corrected chi connectivity index (χ1v) is 7.51. The van der Waals surface area contributed by atoms with E-state index in [1.54, 1.807) is 17.7 Å². The van der Waals surface area contributed by atoms with Crippen molar-refractivity contribution in [3.63, 3.8) is 0 Å². The normalized spacial score (nSPS) is 19.6. The summed E-state index contributed by atoms with van der Waals surface area (Å²) in [4.78, 5) is 28.4. The number of aryl methyl sites for hydroxylation is 1. The predicted octanol–water partition coefficient (Wildman–Crippen LogP) is 1.19. The Hall–Kier alpha value is -1.30. The van der Waals surface area contributed by atoms with E-state index in [9.17, 15) is 9.59 Å². The minimum absolute atomic E-state index is 0.0286. The minimum atomic E-state index is -0.159. The van der Waals surface area contributed by atoms with Crippen LogP contribution in [0.5, 0.6) is 0 Å². The Labute approximate surface area is 116 Å². The first kappa shape index (κ1) is 14.1. The largest absolute Gasteiger partial charge is 0.353 e. The molecule has 1 aromatic heterocycles. The fourth-order valence-electron chi connectivity index (χ4n) is 1.92. The number of amides is 1. The fraction of sp³-hybridized carbons (Fsp3) is 0.615. The number of fused-ring (bicyclic) bond motifs is 1. The number of hydrogen-bond acceptors (Lipinski definition) is 4. The third-order valence-corrected chi connectivity index (χ3v) is 4.52. The fourth-order valence-corrected chi connectivity index (χ4v) is 2.97. The lowest BCUT2D eigenvalue weighted by atomic mass is 10.1. The number of carbonyl (C=O) groups is 1. The van der Waals surface area contributed by atoms with Gasteiger partial charge in [0, 0.05) is 30.1 Å². The van der Waals surface area contributed by atoms with Gasteiger partial charge in [-0.25, -0.2) is 4.98 Å². The molecule has 19 heavy (non-hydrogen) atoms. The van der Waals surface area contributed by atoms with Gasteiger partial charge in [0.25, 0.3) is 5.56 Å². The van der Waals surface area contributed by atoms with Crippen molar-refractivity contribution in [2.24, 2.45) is 5.92 Å². The standard InChI is InChI=1S/C13H19N3O2S/c1-4-9(3)15-11(17)10-6-16-12(18)8(2)5-14-13(16)19-7-10/h5,9-10H,4,6-7H2,1-3H3,(H,15,17). The molecule has 2 heterocycles. The Balaban J connectivity index is 2.15. The first-order chi connectivity index (χ1) is 9.02. The number of aromatic nitrogens is 2. The molecular formula is C13H19N3O2S. The number of carbonyl (C=O) groups excluding carboxylic acids is 1. The van der Waals surface area contributed by atoms with Crippen LogP contribution in [0.4, 0.5) is 0 Å². The Morgan fingerprint density at radius 2 is 2.42 bits per heavy atom. The molecule has 0 saturated carbocycles. The summed E-state index contributed by atoms with van der Waals surface area (Å²) in [5.74, 6) is 0.548. The van der Waals surface area contributed by atoms with Crippen molar-refractivity contribution in [3.05, 3.63) is 22.1 Å². The Morgan fingerprint density at radius 3 is 3.11 bits per heavy atom. The highest BCUT2D eigenvalue weighted by Crippen LogP contribution is 2.24. The lowest BCUT2D eigenvalue weighted by molar-refractivity contribution is -0.125. The number of rotatable bonds is 3. The smallest absolute Gasteiger partial charge is 0.257 e. The molecule has 1 aliphatic rings. The van der Waals surface area contributed by atoms with Gasteiger partial charge in [0.1, 0.15) is 0 Å². The van der Waals surface area contributed by atoms with Gasteiger partial charge in [-0.2, -0.15) is 0 Å². The van der Waals surface area contributed by atoms with E-state index in [-0.39, 0.29) is 23.4 Å². The second kappa shape index (κ2) is 5.77. The highest BCUT2D eigenvalue weighted by atomic mass is 32.2. The van der Waals surface area contributed by atoms with Crippen LogP contribution < -0.4 is 10.9 Å². The molecule has 1 N–H and O–H groups in total. The van der Waals surface area contributed by atoms with Gasteiger partial charge in [0.2, 0.25) is 5.91 Å². The van der Waals surface area contributed by atoms with E-state index < -0.39 is 0 Å². The Morgan fingerprint density at radius 1 is 1.68 bits per heavy atom. The average molecular weight is 281 g/mol. The van der Waals surface area contributed by atoms with Crippen LogP contribution in [0.25, 0.3) is 0 Å². The van der Waals surface area contributed by atoms with Crippen LogP contribution in [0.3, 0.4) is 0 Å². The van der Waals surface area contributed by atoms with E-state index in [4.69, 9.17) is 0 Å². The van der Waals surface area contributed by atoms with Gasteiger partial charge in [-0.05, 0) is 20.3 Å². The molecule has 2 unspecified atom stereocenters. The van der Waals surface area contributed by atoms with Crippen molar-refractivity contribution < 1.29 is 4.79 Å². The summed E-state index contributed by atoms with van der Waals surface area (Å²) >= 11 is 1.47. The van der Waals surface area contributed by atoms with Crippen molar-refractivity contribution in [1.29, 1.82) is 0 Å². The maximum Gasteiger partial charge on any atom is 0.257 e. The molecule has 5 nitrogen and oxygen atoms in total. The number of nitrogens with zero attached hydrogens (tertiary/aromatic N) is 2. The van der Waals surface area contributed by atoms with Crippen molar-refractivity contribution in [2.45, 2.75) is 44.9 Å². The second-order valence-electron chi connectivity index (χ2n) is 4.97. The van der Waals surface area contributed by atoms with Crippen LogP contribution >= 0.6 is 11.8 Å². The molecule has 0 radical (unpaired) electrons. The van der Waals surface area contributed by atoms with Crippen LogP contribution in [0, 0.1) is 12.8 Å². The van der Waals surface area contributed by atoms with Gasteiger partial charge in [0.05, 0.1) is 5.92 Å². The Kier molecular flexibility index (Phi) is 4.29. The zero-order valence-corrected chi connectivity index (χ0v) is 12.3. The SMILES string of the molecule is CCC(C)NC(=O)C1CSc2ncc(C)c(=O)n2C1. The molecule has 0 bridgehead atoms. The molecule has 2 atom stereocenters. The quantitative estimate of drug-likeness (QED) is 0.845. The highest BCUT2D eigenvalue weighted by Gasteiger charge is 2.27. The average Bonchev–Trinajstić information content (AvgIpc) is 2.42. The van der Waals surface area contributed by atoms with E-state index in [1.165, 1.54) is 11.8 Å². The zero-order chi connectivity index (χ0) is 14.0. The zero-order valence-electron chi connectivity index (χ0n) is 11.5. The van der Waals surface area contributed by atoms with Gasteiger partial charge in [-0.3, -0.25) is 14.2 Å². The van der Waals surface area contributed by atoms with E-state index in [0.29, 0.717) is 23.0 Å². The van der Waals surface area contributed by atoms with Gasteiger partial charge < -0.3 is 5.32 Å². The predicted molar refractivity (Wildman–Crippen MR) is 75.3 cm³/mol. The lowest BCUT2D eigenvalue weighted by Gasteiger charge is -2.25. The number of hydrogen-bond donors (Lipinski definition) is 1. The van der Waals surface area contributed by atoms with E-state index in [2.05, 4.69) is 10.3 Å². The van der Waals surface area contributed by atoms with E-state index in [0.717, 1.165) is 6.42 Å². The summed E-state index contributed by atoms with van der Waals surface area (Å²) in [7, 11) is 0. The summed E-state index contributed by atoms with van der Waals surface area (Å²) in [6, 6.07) is 0.172. The highest BCUT2D eigenvalue weighted by molar-refractivity contribution is 7.99. The monoisotopic (exact) mass is 281 g/mol. The molecule has 0 aliphatic carbocycles. The van der Waals surface area contributed by atoms with Gasteiger partial charge in [-0.1, -0.05) is 18.7 Å². The number of nitrogens with one attached hydrogen (secondary N) is 1. The van der Waals surface area contributed by atoms with Crippen LogP contribution in [0.1, 0.15) is 25.8 Å². The van der Waals surface area contributed by atoms with Crippen LogP contribution in [0.2, 0.25) is 0 Å². The van der Waals surface area contributed by atoms with Crippen LogP contribution in [-0.2, 0) is 11.3 Å². The molecule has 0 aromatic carbocycles. The molecule has 1 amide bonds. The molecule has 104 valence electrons. The summed E-state index contributed by atoms with van der Waals surface area (Å²) in [5, 5.41) is 3.69. The van der Waals surface area contributed by atoms with E-state index in [1.807, 2.05) is 13.8 Å². The number of thioether (sulfide) groups is 1. The third-order valence-electron chi connectivity index (χ3n) is 3.37. The molecule has 1 aliphatic heterocycles. The van der Waals surface area contributed by atoms with E-state index >= 15 is 0 Å².